The molecule has 1 amide bonds. The smallest absolute Gasteiger partial charge is 0.217 e. The summed E-state index contributed by atoms with van der Waals surface area (Å²) in [6.45, 7) is 1.52. The van der Waals surface area contributed by atoms with Gasteiger partial charge in [0.15, 0.2) is 0 Å². The molecule has 1 atom stereocenters. The van der Waals surface area contributed by atoms with Crippen LogP contribution in [-0.2, 0) is 11.2 Å². The van der Waals surface area contributed by atoms with Crippen LogP contribution in [0.1, 0.15) is 23.5 Å². The number of nitrogens with zero attached hydrogens (tertiary/aromatic N) is 2. The lowest BCUT2D eigenvalue weighted by molar-refractivity contribution is -0.119. The highest BCUT2D eigenvalue weighted by Gasteiger charge is 2.19. The third-order valence-electron chi connectivity index (χ3n) is 3.42. The lowest BCUT2D eigenvalue weighted by Gasteiger charge is -2.14. The summed E-state index contributed by atoms with van der Waals surface area (Å²) in [5, 5.41) is 13.2. The standard InChI is InChI=1S/C18H17N3OS/c1-13(22)19-16(12-14-8-4-2-5-9-14)18-21-20-17(23-18)15-10-6-3-7-11-15/h2-11,16H,12H2,1H3,(H,19,22). The van der Waals surface area contributed by atoms with Crippen molar-refractivity contribution >= 4 is 17.2 Å². The zero-order valence-corrected chi connectivity index (χ0v) is 13.6. The summed E-state index contributed by atoms with van der Waals surface area (Å²) < 4.78 is 0. The molecule has 0 radical (unpaired) electrons. The number of rotatable bonds is 5. The number of carbonyl (C=O) groups is 1. The normalized spacial score (nSPS) is 11.9. The largest absolute Gasteiger partial charge is 0.347 e. The number of aromatic nitrogens is 2. The molecule has 0 aliphatic heterocycles. The van der Waals surface area contributed by atoms with Gasteiger partial charge >= 0.3 is 0 Å². The monoisotopic (exact) mass is 323 g/mol. The van der Waals surface area contributed by atoms with E-state index in [1.807, 2.05) is 60.7 Å². The minimum atomic E-state index is -0.162. The van der Waals surface area contributed by atoms with Crippen molar-refractivity contribution in [3.8, 4) is 10.6 Å². The highest BCUT2D eigenvalue weighted by molar-refractivity contribution is 7.14. The molecule has 1 N–H and O–H groups in total. The number of amides is 1. The number of hydrogen-bond acceptors (Lipinski definition) is 4. The molecule has 0 fully saturated rings. The SMILES string of the molecule is CC(=O)NC(Cc1ccccc1)c1nnc(-c2ccccc2)s1. The Hall–Kier alpha value is -2.53. The van der Waals surface area contributed by atoms with Gasteiger partial charge in [-0.1, -0.05) is 72.0 Å². The third kappa shape index (κ3) is 4.02. The first-order chi connectivity index (χ1) is 11.2. The van der Waals surface area contributed by atoms with Crippen molar-refractivity contribution in [2.24, 2.45) is 0 Å². The highest BCUT2D eigenvalue weighted by Crippen LogP contribution is 2.28. The molecule has 0 saturated heterocycles. The van der Waals surface area contributed by atoms with Crippen molar-refractivity contribution in [2.75, 3.05) is 0 Å². The number of benzene rings is 2. The van der Waals surface area contributed by atoms with E-state index in [-0.39, 0.29) is 11.9 Å². The van der Waals surface area contributed by atoms with E-state index in [9.17, 15) is 4.79 Å². The van der Waals surface area contributed by atoms with Crippen LogP contribution in [0.2, 0.25) is 0 Å². The van der Waals surface area contributed by atoms with Crippen molar-refractivity contribution in [3.05, 3.63) is 71.2 Å². The quantitative estimate of drug-likeness (QED) is 0.780. The van der Waals surface area contributed by atoms with Crippen molar-refractivity contribution in [2.45, 2.75) is 19.4 Å². The van der Waals surface area contributed by atoms with Crippen molar-refractivity contribution < 1.29 is 4.79 Å². The number of hydrogen-bond donors (Lipinski definition) is 1. The Kier molecular flexibility index (Phi) is 4.78. The molecule has 1 unspecified atom stereocenters. The van der Waals surface area contributed by atoms with Crippen LogP contribution in [0, 0.1) is 0 Å². The minimum Gasteiger partial charge on any atom is -0.347 e. The summed E-state index contributed by atoms with van der Waals surface area (Å²) in [4.78, 5) is 11.5. The zero-order valence-electron chi connectivity index (χ0n) is 12.8. The van der Waals surface area contributed by atoms with Crippen LogP contribution < -0.4 is 5.32 Å². The molecule has 3 aromatic rings. The van der Waals surface area contributed by atoms with E-state index in [0.29, 0.717) is 6.42 Å². The van der Waals surface area contributed by atoms with Gasteiger partial charge in [0.25, 0.3) is 0 Å². The van der Waals surface area contributed by atoms with E-state index >= 15 is 0 Å². The number of nitrogens with one attached hydrogen (secondary N) is 1. The lowest BCUT2D eigenvalue weighted by Crippen LogP contribution is -2.27. The van der Waals surface area contributed by atoms with Gasteiger partial charge in [-0.2, -0.15) is 0 Å². The van der Waals surface area contributed by atoms with E-state index in [2.05, 4.69) is 15.5 Å². The maximum atomic E-state index is 11.5. The van der Waals surface area contributed by atoms with E-state index in [0.717, 1.165) is 21.1 Å². The predicted octanol–water partition coefficient (Wildman–Crippen LogP) is 3.63. The fourth-order valence-corrected chi connectivity index (χ4v) is 3.27. The molecule has 0 spiro atoms. The zero-order chi connectivity index (χ0) is 16.1. The molecule has 1 heterocycles. The first-order valence-corrected chi connectivity index (χ1v) is 8.24. The molecule has 116 valence electrons. The summed E-state index contributed by atoms with van der Waals surface area (Å²) in [6, 6.07) is 19.9. The van der Waals surface area contributed by atoms with Gasteiger partial charge in [-0.3, -0.25) is 4.79 Å². The summed E-state index contributed by atoms with van der Waals surface area (Å²) in [5.74, 6) is -0.0672. The van der Waals surface area contributed by atoms with E-state index < -0.39 is 0 Å². The molecule has 0 aliphatic carbocycles. The number of carbonyl (C=O) groups excluding carboxylic acids is 1. The molecule has 23 heavy (non-hydrogen) atoms. The molecular formula is C18H17N3OS. The van der Waals surface area contributed by atoms with Gasteiger partial charge in [-0.05, 0) is 12.0 Å². The van der Waals surface area contributed by atoms with Crippen molar-refractivity contribution in [1.29, 1.82) is 0 Å². The second-order valence-corrected chi connectivity index (χ2v) is 6.26. The maximum Gasteiger partial charge on any atom is 0.217 e. The van der Waals surface area contributed by atoms with Gasteiger partial charge in [-0.15, -0.1) is 10.2 Å². The summed E-state index contributed by atoms with van der Waals surface area (Å²) >= 11 is 1.52. The second-order valence-electron chi connectivity index (χ2n) is 5.25. The molecular weight excluding hydrogens is 306 g/mol. The Bertz CT molecular complexity index is 771. The van der Waals surface area contributed by atoms with Crippen molar-refractivity contribution in [3.63, 3.8) is 0 Å². The second kappa shape index (κ2) is 7.15. The fraction of sp³-hybridized carbons (Fsp3) is 0.167. The Balaban J connectivity index is 1.85. The van der Waals surface area contributed by atoms with E-state index in [1.54, 1.807) is 0 Å². The van der Waals surface area contributed by atoms with Gasteiger partial charge in [0.05, 0.1) is 6.04 Å². The van der Waals surface area contributed by atoms with Crippen LogP contribution in [0.25, 0.3) is 10.6 Å². The Morgan fingerprint density at radius 2 is 1.70 bits per heavy atom. The van der Waals surface area contributed by atoms with Crippen LogP contribution in [0.3, 0.4) is 0 Å². The highest BCUT2D eigenvalue weighted by atomic mass is 32.1. The van der Waals surface area contributed by atoms with Crippen LogP contribution in [0.4, 0.5) is 0 Å². The van der Waals surface area contributed by atoms with Gasteiger partial charge < -0.3 is 5.32 Å². The first-order valence-electron chi connectivity index (χ1n) is 7.42. The minimum absolute atomic E-state index is 0.0672. The molecule has 0 bridgehead atoms. The molecule has 3 rings (SSSR count). The molecule has 0 aliphatic rings. The van der Waals surface area contributed by atoms with Crippen molar-refractivity contribution in [1.82, 2.24) is 15.5 Å². The summed E-state index contributed by atoms with van der Waals surface area (Å²) in [5.41, 5.74) is 2.19. The van der Waals surface area contributed by atoms with E-state index in [1.165, 1.54) is 18.3 Å². The lowest BCUT2D eigenvalue weighted by atomic mass is 10.1. The average molecular weight is 323 g/mol. The van der Waals surface area contributed by atoms with Crippen LogP contribution in [-0.4, -0.2) is 16.1 Å². The van der Waals surface area contributed by atoms with Crippen LogP contribution in [0.5, 0.6) is 0 Å². The Morgan fingerprint density at radius 1 is 1.04 bits per heavy atom. The maximum absolute atomic E-state index is 11.5. The molecule has 4 nitrogen and oxygen atoms in total. The average Bonchev–Trinajstić information content (AvgIpc) is 3.06. The topological polar surface area (TPSA) is 54.9 Å². The fourth-order valence-electron chi connectivity index (χ4n) is 2.37. The van der Waals surface area contributed by atoms with E-state index in [4.69, 9.17) is 0 Å². The first kappa shape index (κ1) is 15.4. The summed E-state index contributed by atoms with van der Waals surface area (Å²) in [7, 11) is 0. The molecule has 5 heteroatoms. The molecule has 2 aromatic carbocycles. The van der Waals surface area contributed by atoms with Gasteiger partial charge in [0, 0.05) is 12.5 Å². The molecule has 1 aromatic heterocycles. The van der Waals surface area contributed by atoms with Crippen LogP contribution >= 0.6 is 11.3 Å². The molecule has 0 saturated carbocycles. The third-order valence-corrected chi connectivity index (χ3v) is 4.51. The predicted molar refractivity (Wildman–Crippen MR) is 92.0 cm³/mol. The van der Waals surface area contributed by atoms with Gasteiger partial charge in [0.1, 0.15) is 10.0 Å². The van der Waals surface area contributed by atoms with Gasteiger partial charge in [-0.25, -0.2) is 0 Å². The van der Waals surface area contributed by atoms with Crippen LogP contribution in [0.15, 0.2) is 60.7 Å². The Morgan fingerprint density at radius 3 is 2.35 bits per heavy atom. The Labute approximate surface area is 139 Å². The van der Waals surface area contributed by atoms with Gasteiger partial charge in [0.2, 0.25) is 5.91 Å². The summed E-state index contributed by atoms with van der Waals surface area (Å²) in [6.07, 6.45) is 0.698.